The SMILES string of the molecule is CCOC(=O)NC(=S)Nc1cc2c(cc1O)NC(=O)CCC2. The van der Waals surface area contributed by atoms with Crippen molar-refractivity contribution in [3.05, 3.63) is 17.7 Å². The summed E-state index contributed by atoms with van der Waals surface area (Å²) in [6.45, 7) is 1.92. The maximum absolute atomic E-state index is 11.5. The molecule has 0 saturated carbocycles. The molecular formula is C14H17N3O4S. The van der Waals surface area contributed by atoms with E-state index in [0.29, 0.717) is 24.2 Å². The molecule has 1 heterocycles. The van der Waals surface area contributed by atoms with Gasteiger partial charge in [0.05, 0.1) is 12.3 Å². The molecule has 0 fully saturated rings. The van der Waals surface area contributed by atoms with E-state index in [1.54, 1.807) is 13.0 Å². The minimum absolute atomic E-state index is 0.0198. The molecule has 7 nitrogen and oxygen atoms in total. The topological polar surface area (TPSA) is 99.7 Å². The van der Waals surface area contributed by atoms with Crippen molar-refractivity contribution in [1.82, 2.24) is 5.32 Å². The molecule has 2 rings (SSSR count). The Balaban J connectivity index is 2.12. The van der Waals surface area contributed by atoms with Crippen molar-refractivity contribution in [1.29, 1.82) is 0 Å². The first-order valence-corrected chi connectivity index (χ1v) is 7.31. The lowest BCUT2D eigenvalue weighted by Crippen LogP contribution is -2.34. The van der Waals surface area contributed by atoms with Crippen molar-refractivity contribution in [3.63, 3.8) is 0 Å². The lowest BCUT2D eigenvalue weighted by Gasteiger charge is -2.14. The minimum Gasteiger partial charge on any atom is -0.506 e. The lowest BCUT2D eigenvalue weighted by atomic mass is 10.1. The summed E-state index contributed by atoms with van der Waals surface area (Å²) >= 11 is 4.98. The maximum atomic E-state index is 11.5. The summed E-state index contributed by atoms with van der Waals surface area (Å²) < 4.78 is 4.71. The summed E-state index contributed by atoms with van der Waals surface area (Å²) in [6, 6.07) is 3.17. The van der Waals surface area contributed by atoms with Crippen molar-refractivity contribution >= 4 is 40.7 Å². The van der Waals surface area contributed by atoms with E-state index < -0.39 is 6.09 Å². The summed E-state index contributed by atoms with van der Waals surface area (Å²) in [5.41, 5.74) is 1.84. The number of thiocarbonyl (C=S) groups is 1. The Hall–Kier alpha value is -2.35. The Kier molecular flexibility index (Phi) is 5.16. The summed E-state index contributed by atoms with van der Waals surface area (Å²) in [6.07, 6.45) is 1.22. The number of ether oxygens (including phenoxy) is 1. The van der Waals surface area contributed by atoms with Gasteiger partial charge in [0.15, 0.2) is 5.11 Å². The number of rotatable bonds is 2. The quantitative estimate of drug-likeness (QED) is 0.491. The third-order valence-electron chi connectivity index (χ3n) is 3.08. The van der Waals surface area contributed by atoms with Crippen molar-refractivity contribution in [2.75, 3.05) is 17.2 Å². The van der Waals surface area contributed by atoms with E-state index in [4.69, 9.17) is 17.0 Å². The van der Waals surface area contributed by atoms with Crippen LogP contribution < -0.4 is 16.0 Å². The molecule has 1 aromatic carbocycles. The summed E-state index contributed by atoms with van der Waals surface area (Å²) in [7, 11) is 0. The van der Waals surface area contributed by atoms with Crippen LogP contribution in [0, 0.1) is 0 Å². The van der Waals surface area contributed by atoms with Gasteiger partial charge in [-0.25, -0.2) is 4.79 Å². The summed E-state index contributed by atoms with van der Waals surface area (Å²) in [5, 5.41) is 17.8. The molecule has 4 N–H and O–H groups in total. The minimum atomic E-state index is -0.665. The predicted molar refractivity (Wildman–Crippen MR) is 86.1 cm³/mol. The fourth-order valence-electron chi connectivity index (χ4n) is 2.12. The van der Waals surface area contributed by atoms with Crippen molar-refractivity contribution in [2.24, 2.45) is 0 Å². The van der Waals surface area contributed by atoms with Gasteiger partial charge in [0, 0.05) is 18.2 Å². The van der Waals surface area contributed by atoms with Crippen LogP contribution in [0.15, 0.2) is 12.1 Å². The van der Waals surface area contributed by atoms with E-state index in [2.05, 4.69) is 16.0 Å². The van der Waals surface area contributed by atoms with E-state index >= 15 is 0 Å². The smallest absolute Gasteiger partial charge is 0.413 e. The molecule has 0 spiro atoms. The first kappa shape index (κ1) is 16.0. The number of hydrogen-bond donors (Lipinski definition) is 4. The molecule has 1 aliphatic heterocycles. The third-order valence-corrected chi connectivity index (χ3v) is 3.29. The van der Waals surface area contributed by atoms with Crippen LogP contribution in [0.5, 0.6) is 5.75 Å². The van der Waals surface area contributed by atoms with Crippen LogP contribution in [-0.2, 0) is 16.0 Å². The lowest BCUT2D eigenvalue weighted by molar-refractivity contribution is -0.116. The average molecular weight is 323 g/mol. The van der Waals surface area contributed by atoms with Gasteiger partial charge in [-0.15, -0.1) is 0 Å². The van der Waals surface area contributed by atoms with Gasteiger partial charge in [-0.2, -0.15) is 0 Å². The molecular weight excluding hydrogens is 306 g/mol. The van der Waals surface area contributed by atoms with Gasteiger partial charge in [0.2, 0.25) is 5.91 Å². The molecule has 118 valence electrons. The zero-order valence-corrected chi connectivity index (χ0v) is 12.9. The summed E-state index contributed by atoms with van der Waals surface area (Å²) in [5.74, 6) is -0.146. The largest absolute Gasteiger partial charge is 0.506 e. The van der Waals surface area contributed by atoms with Crippen LogP contribution in [0.3, 0.4) is 0 Å². The van der Waals surface area contributed by atoms with Gasteiger partial charge >= 0.3 is 6.09 Å². The molecule has 0 aromatic heterocycles. The Morgan fingerprint density at radius 2 is 2.23 bits per heavy atom. The Labute approximate surface area is 133 Å². The summed E-state index contributed by atoms with van der Waals surface area (Å²) in [4.78, 5) is 22.8. The maximum Gasteiger partial charge on any atom is 0.413 e. The highest BCUT2D eigenvalue weighted by Gasteiger charge is 2.16. The van der Waals surface area contributed by atoms with Gasteiger partial charge in [-0.3, -0.25) is 10.1 Å². The van der Waals surface area contributed by atoms with Crippen molar-refractivity contribution < 1.29 is 19.4 Å². The van der Waals surface area contributed by atoms with E-state index in [1.165, 1.54) is 6.07 Å². The van der Waals surface area contributed by atoms with Crippen molar-refractivity contribution in [2.45, 2.75) is 26.2 Å². The fourth-order valence-corrected chi connectivity index (χ4v) is 2.32. The Morgan fingerprint density at radius 1 is 1.45 bits per heavy atom. The van der Waals surface area contributed by atoms with Crippen LogP contribution >= 0.6 is 12.2 Å². The van der Waals surface area contributed by atoms with Crippen LogP contribution in [0.1, 0.15) is 25.3 Å². The average Bonchev–Trinajstić information content (AvgIpc) is 2.60. The van der Waals surface area contributed by atoms with Crippen LogP contribution in [0.4, 0.5) is 16.2 Å². The zero-order chi connectivity index (χ0) is 16.1. The molecule has 0 unspecified atom stereocenters. The van der Waals surface area contributed by atoms with Gasteiger partial charge in [-0.1, -0.05) is 0 Å². The number of fused-ring (bicyclic) bond motifs is 1. The number of alkyl carbamates (subject to hydrolysis) is 1. The molecule has 1 aromatic rings. The number of phenols is 1. The molecule has 22 heavy (non-hydrogen) atoms. The number of carbonyl (C=O) groups is 2. The van der Waals surface area contributed by atoms with Gasteiger partial charge in [-0.05, 0) is 43.6 Å². The number of hydrogen-bond acceptors (Lipinski definition) is 5. The third kappa shape index (κ3) is 4.08. The number of amides is 2. The van der Waals surface area contributed by atoms with Crippen LogP contribution in [0.2, 0.25) is 0 Å². The molecule has 1 aliphatic rings. The Morgan fingerprint density at radius 3 is 2.95 bits per heavy atom. The number of phenolic OH excluding ortho intramolecular Hbond substituents is 1. The van der Waals surface area contributed by atoms with Gasteiger partial charge in [0.1, 0.15) is 5.75 Å². The second-order valence-corrected chi connectivity index (χ2v) is 5.14. The number of benzene rings is 1. The first-order chi connectivity index (χ1) is 10.5. The monoisotopic (exact) mass is 323 g/mol. The molecule has 0 bridgehead atoms. The van der Waals surface area contributed by atoms with E-state index in [0.717, 1.165) is 12.0 Å². The standard InChI is InChI=1S/C14H17N3O4S/c1-2-21-14(20)17-13(22)16-10-6-8-4-3-5-12(19)15-9(8)7-11(10)18/h6-7,18H,2-5H2,1H3,(H,15,19)(H2,16,17,20,22). The highest BCUT2D eigenvalue weighted by molar-refractivity contribution is 7.80. The second-order valence-electron chi connectivity index (χ2n) is 4.73. The number of carbonyl (C=O) groups excluding carboxylic acids is 2. The number of nitrogens with one attached hydrogen (secondary N) is 3. The molecule has 0 radical (unpaired) electrons. The Bertz CT molecular complexity index is 618. The normalized spacial score (nSPS) is 13.4. The van der Waals surface area contributed by atoms with E-state index in [1.807, 2.05) is 0 Å². The molecule has 0 saturated heterocycles. The van der Waals surface area contributed by atoms with Gasteiger partial charge < -0.3 is 20.5 Å². The molecule has 0 atom stereocenters. The van der Waals surface area contributed by atoms with Crippen molar-refractivity contribution in [3.8, 4) is 5.75 Å². The van der Waals surface area contributed by atoms with E-state index in [-0.39, 0.29) is 23.4 Å². The fraction of sp³-hybridized carbons (Fsp3) is 0.357. The highest BCUT2D eigenvalue weighted by Crippen LogP contribution is 2.33. The number of anilines is 2. The molecule has 0 aliphatic carbocycles. The zero-order valence-electron chi connectivity index (χ0n) is 12.1. The molecule has 8 heteroatoms. The second kappa shape index (κ2) is 7.08. The number of aromatic hydroxyl groups is 1. The van der Waals surface area contributed by atoms with E-state index in [9.17, 15) is 14.7 Å². The van der Waals surface area contributed by atoms with Gasteiger partial charge in [0.25, 0.3) is 0 Å². The van der Waals surface area contributed by atoms with Crippen LogP contribution in [0.25, 0.3) is 0 Å². The number of aryl methyl sites for hydroxylation is 1. The predicted octanol–water partition coefficient (Wildman–Crippen LogP) is 2.11. The first-order valence-electron chi connectivity index (χ1n) is 6.90. The highest BCUT2D eigenvalue weighted by atomic mass is 32.1. The molecule has 2 amide bonds. The van der Waals surface area contributed by atoms with Crippen LogP contribution in [-0.4, -0.2) is 28.8 Å².